The standard InChI is InChI=1S/C14H22N2O3/c1-16(14(17)15-9-6-11-18-2)10-12-19-13-7-4-3-5-8-13/h3-5,7-8H,6,9-12H2,1-2H3,(H,15,17). The molecule has 0 spiro atoms. The molecule has 1 aromatic carbocycles. The number of benzene rings is 1. The number of likely N-dealkylation sites (N-methyl/N-ethyl adjacent to an activating group) is 1. The molecule has 0 aromatic heterocycles. The van der Waals surface area contributed by atoms with Gasteiger partial charge in [-0.1, -0.05) is 18.2 Å². The molecule has 106 valence electrons. The van der Waals surface area contributed by atoms with Crippen LogP contribution in [0.5, 0.6) is 5.75 Å². The van der Waals surface area contributed by atoms with Crippen LogP contribution < -0.4 is 10.1 Å². The lowest BCUT2D eigenvalue weighted by molar-refractivity contribution is 0.184. The number of para-hydroxylation sites is 1. The number of ether oxygens (including phenoxy) is 2. The fourth-order valence-corrected chi connectivity index (χ4v) is 1.47. The van der Waals surface area contributed by atoms with E-state index in [-0.39, 0.29) is 6.03 Å². The second-order valence-corrected chi connectivity index (χ2v) is 4.16. The molecule has 19 heavy (non-hydrogen) atoms. The molecule has 0 radical (unpaired) electrons. The van der Waals surface area contributed by atoms with Crippen molar-refractivity contribution in [3.63, 3.8) is 0 Å². The molecular formula is C14H22N2O3. The van der Waals surface area contributed by atoms with Gasteiger partial charge in [-0.15, -0.1) is 0 Å². The maximum atomic E-state index is 11.7. The SMILES string of the molecule is COCCCNC(=O)N(C)CCOc1ccccc1. The highest BCUT2D eigenvalue weighted by Gasteiger charge is 2.07. The van der Waals surface area contributed by atoms with E-state index >= 15 is 0 Å². The van der Waals surface area contributed by atoms with Crippen molar-refractivity contribution >= 4 is 6.03 Å². The van der Waals surface area contributed by atoms with Gasteiger partial charge in [0.2, 0.25) is 0 Å². The van der Waals surface area contributed by atoms with Crippen LogP contribution in [0, 0.1) is 0 Å². The van der Waals surface area contributed by atoms with Crippen molar-refractivity contribution in [3.8, 4) is 5.75 Å². The zero-order chi connectivity index (χ0) is 13.9. The zero-order valence-corrected chi connectivity index (χ0v) is 11.6. The van der Waals surface area contributed by atoms with Crippen LogP contribution in [0.4, 0.5) is 4.79 Å². The van der Waals surface area contributed by atoms with Crippen molar-refractivity contribution in [1.29, 1.82) is 0 Å². The fourth-order valence-electron chi connectivity index (χ4n) is 1.47. The van der Waals surface area contributed by atoms with Gasteiger partial charge in [0.15, 0.2) is 0 Å². The molecule has 0 fully saturated rings. The first-order valence-electron chi connectivity index (χ1n) is 6.40. The van der Waals surface area contributed by atoms with Gasteiger partial charge in [-0.2, -0.15) is 0 Å². The van der Waals surface area contributed by atoms with E-state index in [1.807, 2.05) is 30.3 Å². The summed E-state index contributed by atoms with van der Waals surface area (Å²) in [5.74, 6) is 0.816. The summed E-state index contributed by atoms with van der Waals surface area (Å²) in [4.78, 5) is 13.3. The van der Waals surface area contributed by atoms with Gasteiger partial charge < -0.3 is 19.7 Å². The molecule has 5 nitrogen and oxygen atoms in total. The highest BCUT2D eigenvalue weighted by molar-refractivity contribution is 5.73. The lowest BCUT2D eigenvalue weighted by Gasteiger charge is -2.18. The third-order valence-corrected chi connectivity index (χ3v) is 2.59. The van der Waals surface area contributed by atoms with Gasteiger partial charge in [-0.05, 0) is 18.6 Å². The number of carbonyl (C=O) groups excluding carboxylic acids is 1. The maximum absolute atomic E-state index is 11.7. The van der Waals surface area contributed by atoms with Gasteiger partial charge in [0.25, 0.3) is 0 Å². The Bertz CT molecular complexity index is 357. The van der Waals surface area contributed by atoms with Gasteiger partial charge in [-0.3, -0.25) is 0 Å². The van der Waals surface area contributed by atoms with E-state index in [9.17, 15) is 4.79 Å². The lowest BCUT2D eigenvalue weighted by Crippen LogP contribution is -2.39. The number of carbonyl (C=O) groups is 1. The molecule has 0 saturated carbocycles. The molecule has 0 atom stereocenters. The number of hydrogen-bond acceptors (Lipinski definition) is 3. The summed E-state index contributed by atoms with van der Waals surface area (Å²) in [7, 11) is 3.40. The molecule has 0 aliphatic carbocycles. The summed E-state index contributed by atoms with van der Waals surface area (Å²) in [6, 6.07) is 9.47. The average Bonchev–Trinajstić information content (AvgIpc) is 2.44. The topological polar surface area (TPSA) is 50.8 Å². The van der Waals surface area contributed by atoms with Crippen molar-refractivity contribution in [2.75, 3.05) is 40.5 Å². The fraction of sp³-hybridized carbons (Fsp3) is 0.500. The van der Waals surface area contributed by atoms with Crippen LogP contribution >= 0.6 is 0 Å². The molecule has 0 saturated heterocycles. The summed E-state index contributed by atoms with van der Waals surface area (Å²) < 4.78 is 10.4. The minimum absolute atomic E-state index is 0.0900. The minimum Gasteiger partial charge on any atom is -0.492 e. The first-order chi connectivity index (χ1) is 9.24. The second-order valence-electron chi connectivity index (χ2n) is 4.16. The Labute approximate surface area is 114 Å². The Kier molecular flexibility index (Phi) is 7.43. The van der Waals surface area contributed by atoms with E-state index in [1.165, 1.54) is 0 Å². The summed E-state index contributed by atoms with van der Waals surface area (Å²) in [6.45, 7) is 2.30. The second kappa shape index (κ2) is 9.22. The van der Waals surface area contributed by atoms with E-state index in [2.05, 4.69) is 5.32 Å². The van der Waals surface area contributed by atoms with Crippen molar-refractivity contribution < 1.29 is 14.3 Å². The molecule has 2 amide bonds. The van der Waals surface area contributed by atoms with Crippen molar-refractivity contribution in [2.24, 2.45) is 0 Å². The molecule has 1 aromatic rings. The molecule has 0 unspecified atom stereocenters. The number of urea groups is 1. The Morgan fingerprint density at radius 2 is 2.00 bits per heavy atom. The third-order valence-electron chi connectivity index (χ3n) is 2.59. The number of rotatable bonds is 8. The number of hydrogen-bond donors (Lipinski definition) is 1. The molecule has 0 aliphatic heterocycles. The van der Waals surface area contributed by atoms with Gasteiger partial charge in [-0.25, -0.2) is 4.79 Å². The van der Waals surface area contributed by atoms with Crippen LogP contribution in [0.1, 0.15) is 6.42 Å². The molecular weight excluding hydrogens is 244 g/mol. The van der Waals surface area contributed by atoms with Crippen LogP contribution in [-0.4, -0.2) is 51.4 Å². The van der Waals surface area contributed by atoms with Crippen LogP contribution in [0.3, 0.4) is 0 Å². The third kappa shape index (κ3) is 6.67. The van der Waals surface area contributed by atoms with Gasteiger partial charge in [0.05, 0.1) is 6.54 Å². The highest BCUT2D eigenvalue weighted by atomic mass is 16.5. The first-order valence-corrected chi connectivity index (χ1v) is 6.40. The first kappa shape index (κ1) is 15.3. The van der Waals surface area contributed by atoms with Crippen molar-refractivity contribution in [2.45, 2.75) is 6.42 Å². The number of amides is 2. The monoisotopic (exact) mass is 266 g/mol. The number of methoxy groups -OCH3 is 1. The summed E-state index contributed by atoms with van der Waals surface area (Å²) in [5.41, 5.74) is 0. The summed E-state index contributed by atoms with van der Waals surface area (Å²) in [5, 5.41) is 2.82. The van der Waals surface area contributed by atoms with E-state index < -0.39 is 0 Å². The van der Waals surface area contributed by atoms with Crippen LogP contribution in [0.15, 0.2) is 30.3 Å². The normalized spacial score (nSPS) is 10.0. The molecule has 0 bridgehead atoms. The van der Waals surface area contributed by atoms with Crippen LogP contribution in [-0.2, 0) is 4.74 Å². The molecule has 1 N–H and O–H groups in total. The molecule has 0 aliphatic rings. The van der Waals surface area contributed by atoms with Crippen LogP contribution in [0.25, 0.3) is 0 Å². The molecule has 5 heteroatoms. The summed E-state index contributed by atoms with van der Waals surface area (Å²) in [6.07, 6.45) is 0.816. The van der Waals surface area contributed by atoms with Crippen molar-refractivity contribution in [3.05, 3.63) is 30.3 Å². The molecule has 0 heterocycles. The van der Waals surface area contributed by atoms with E-state index in [1.54, 1.807) is 19.1 Å². The Morgan fingerprint density at radius 3 is 2.68 bits per heavy atom. The number of nitrogens with one attached hydrogen (secondary N) is 1. The van der Waals surface area contributed by atoms with Gasteiger partial charge in [0, 0.05) is 27.3 Å². The quantitative estimate of drug-likeness (QED) is 0.729. The highest BCUT2D eigenvalue weighted by Crippen LogP contribution is 2.07. The molecule has 1 rings (SSSR count). The van der Waals surface area contributed by atoms with Gasteiger partial charge in [0.1, 0.15) is 12.4 Å². The predicted molar refractivity (Wildman–Crippen MR) is 74.5 cm³/mol. The Morgan fingerprint density at radius 1 is 1.26 bits per heavy atom. The predicted octanol–water partition coefficient (Wildman–Crippen LogP) is 1.74. The smallest absolute Gasteiger partial charge is 0.317 e. The average molecular weight is 266 g/mol. The Hall–Kier alpha value is -1.75. The van der Waals surface area contributed by atoms with E-state index in [0.29, 0.717) is 26.3 Å². The van der Waals surface area contributed by atoms with Crippen LogP contribution in [0.2, 0.25) is 0 Å². The van der Waals surface area contributed by atoms with Gasteiger partial charge >= 0.3 is 6.03 Å². The maximum Gasteiger partial charge on any atom is 0.317 e. The van der Waals surface area contributed by atoms with Crippen molar-refractivity contribution in [1.82, 2.24) is 10.2 Å². The Balaban J connectivity index is 2.12. The number of nitrogens with zero attached hydrogens (tertiary/aromatic N) is 1. The zero-order valence-electron chi connectivity index (χ0n) is 11.6. The van der Waals surface area contributed by atoms with E-state index in [4.69, 9.17) is 9.47 Å². The lowest BCUT2D eigenvalue weighted by atomic mass is 10.3. The largest absolute Gasteiger partial charge is 0.492 e. The van der Waals surface area contributed by atoms with E-state index in [0.717, 1.165) is 12.2 Å². The minimum atomic E-state index is -0.0900. The summed E-state index contributed by atoms with van der Waals surface area (Å²) >= 11 is 0.